The fourth-order valence-corrected chi connectivity index (χ4v) is 2.64. The molecule has 94 valence electrons. The molecule has 0 saturated carbocycles. The van der Waals surface area contributed by atoms with E-state index < -0.39 is 0 Å². The van der Waals surface area contributed by atoms with Crippen LogP contribution in [0.25, 0.3) is 0 Å². The molecule has 1 aliphatic rings. The summed E-state index contributed by atoms with van der Waals surface area (Å²) >= 11 is 0. The van der Waals surface area contributed by atoms with Crippen LogP contribution in [0.15, 0.2) is 18.3 Å². The number of pyridine rings is 1. The zero-order valence-electron chi connectivity index (χ0n) is 11.0. The molecule has 0 radical (unpaired) electrons. The Morgan fingerprint density at radius 2 is 2.18 bits per heavy atom. The van der Waals surface area contributed by atoms with E-state index in [2.05, 4.69) is 29.8 Å². The Kier molecular flexibility index (Phi) is 4.00. The standard InChI is InChI=1S/C14H22N2O/c1-11(2)16-9-5-4-6-13(16)12-7-8-14(17-3)15-10-12/h7-8,10-11,13H,4-6,9H2,1-3H3/t13-/m1/s1. The quantitative estimate of drug-likeness (QED) is 0.804. The highest BCUT2D eigenvalue weighted by Crippen LogP contribution is 2.32. The van der Waals surface area contributed by atoms with E-state index >= 15 is 0 Å². The third kappa shape index (κ3) is 2.78. The second-order valence-electron chi connectivity index (χ2n) is 4.98. The van der Waals surface area contributed by atoms with Crippen LogP contribution in [0.2, 0.25) is 0 Å². The molecule has 3 heteroatoms. The minimum Gasteiger partial charge on any atom is -0.481 e. The van der Waals surface area contributed by atoms with Crippen LogP contribution in [0, 0.1) is 0 Å². The predicted octanol–water partition coefficient (Wildman–Crippen LogP) is 3.03. The fourth-order valence-electron chi connectivity index (χ4n) is 2.64. The van der Waals surface area contributed by atoms with Crippen molar-refractivity contribution in [2.45, 2.75) is 45.2 Å². The Morgan fingerprint density at radius 3 is 2.76 bits per heavy atom. The van der Waals surface area contributed by atoms with Gasteiger partial charge in [0.25, 0.3) is 0 Å². The van der Waals surface area contributed by atoms with Gasteiger partial charge in [-0.1, -0.05) is 12.5 Å². The van der Waals surface area contributed by atoms with Gasteiger partial charge >= 0.3 is 0 Å². The highest BCUT2D eigenvalue weighted by molar-refractivity contribution is 5.21. The van der Waals surface area contributed by atoms with E-state index in [9.17, 15) is 0 Å². The minimum absolute atomic E-state index is 0.530. The van der Waals surface area contributed by atoms with E-state index in [4.69, 9.17) is 4.74 Å². The number of rotatable bonds is 3. The van der Waals surface area contributed by atoms with E-state index in [1.54, 1.807) is 7.11 Å². The van der Waals surface area contributed by atoms with Gasteiger partial charge < -0.3 is 4.74 Å². The average Bonchev–Trinajstić information content (AvgIpc) is 2.39. The molecule has 0 spiro atoms. The van der Waals surface area contributed by atoms with E-state index in [1.165, 1.54) is 31.4 Å². The lowest BCUT2D eigenvalue weighted by molar-refractivity contribution is 0.112. The number of likely N-dealkylation sites (tertiary alicyclic amines) is 1. The highest BCUT2D eigenvalue weighted by Gasteiger charge is 2.25. The normalized spacial score (nSPS) is 21.8. The monoisotopic (exact) mass is 234 g/mol. The first kappa shape index (κ1) is 12.4. The van der Waals surface area contributed by atoms with Crippen molar-refractivity contribution in [1.82, 2.24) is 9.88 Å². The van der Waals surface area contributed by atoms with Crippen LogP contribution < -0.4 is 4.74 Å². The summed E-state index contributed by atoms with van der Waals surface area (Å²) < 4.78 is 5.11. The molecule has 0 aromatic carbocycles. The molecule has 1 atom stereocenters. The van der Waals surface area contributed by atoms with Crippen molar-refractivity contribution in [2.24, 2.45) is 0 Å². The maximum Gasteiger partial charge on any atom is 0.212 e. The zero-order chi connectivity index (χ0) is 12.3. The molecule has 2 heterocycles. The molecule has 1 aromatic heterocycles. The molecule has 1 aromatic rings. The Bertz CT molecular complexity index is 348. The summed E-state index contributed by atoms with van der Waals surface area (Å²) in [5, 5.41) is 0. The number of aromatic nitrogens is 1. The molecule has 2 rings (SSSR count). The highest BCUT2D eigenvalue weighted by atomic mass is 16.5. The second kappa shape index (κ2) is 5.50. The molecule has 17 heavy (non-hydrogen) atoms. The molecule has 0 unspecified atom stereocenters. The van der Waals surface area contributed by atoms with Gasteiger partial charge in [0.15, 0.2) is 0 Å². The van der Waals surface area contributed by atoms with Crippen molar-refractivity contribution in [1.29, 1.82) is 0 Å². The van der Waals surface area contributed by atoms with Crippen LogP contribution >= 0.6 is 0 Å². The number of piperidine rings is 1. The predicted molar refractivity (Wildman–Crippen MR) is 69.2 cm³/mol. The van der Waals surface area contributed by atoms with E-state index in [1.807, 2.05) is 12.3 Å². The minimum atomic E-state index is 0.530. The Hall–Kier alpha value is -1.09. The summed E-state index contributed by atoms with van der Waals surface area (Å²) in [6.07, 6.45) is 5.84. The molecule has 1 fully saturated rings. The molecular formula is C14H22N2O. The van der Waals surface area contributed by atoms with Crippen LogP contribution in [0.5, 0.6) is 5.88 Å². The maximum absolute atomic E-state index is 5.11. The largest absolute Gasteiger partial charge is 0.481 e. The topological polar surface area (TPSA) is 25.4 Å². The van der Waals surface area contributed by atoms with Gasteiger partial charge in [0.05, 0.1) is 7.11 Å². The van der Waals surface area contributed by atoms with Crippen molar-refractivity contribution in [3.63, 3.8) is 0 Å². The molecule has 3 nitrogen and oxygen atoms in total. The molecule has 0 aliphatic carbocycles. The summed E-state index contributed by atoms with van der Waals surface area (Å²) in [5.41, 5.74) is 1.32. The number of methoxy groups -OCH3 is 1. The van der Waals surface area contributed by atoms with Gasteiger partial charge in [-0.2, -0.15) is 0 Å². The van der Waals surface area contributed by atoms with Gasteiger partial charge in [0.2, 0.25) is 5.88 Å². The van der Waals surface area contributed by atoms with Crippen LogP contribution in [0.3, 0.4) is 0 Å². The number of hydrogen-bond donors (Lipinski definition) is 0. The van der Waals surface area contributed by atoms with E-state index in [-0.39, 0.29) is 0 Å². The smallest absolute Gasteiger partial charge is 0.212 e. The van der Waals surface area contributed by atoms with Crippen molar-refractivity contribution >= 4 is 0 Å². The molecule has 0 bridgehead atoms. The zero-order valence-corrected chi connectivity index (χ0v) is 11.0. The summed E-state index contributed by atoms with van der Waals surface area (Å²) in [4.78, 5) is 6.89. The molecule has 1 saturated heterocycles. The van der Waals surface area contributed by atoms with Crippen LogP contribution in [0.4, 0.5) is 0 Å². The van der Waals surface area contributed by atoms with Crippen molar-refractivity contribution in [2.75, 3.05) is 13.7 Å². The Balaban J connectivity index is 2.17. The average molecular weight is 234 g/mol. The van der Waals surface area contributed by atoms with Gasteiger partial charge in [0.1, 0.15) is 0 Å². The first-order chi connectivity index (χ1) is 8.22. The Morgan fingerprint density at radius 1 is 1.35 bits per heavy atom. The van der Waals surface area contributed by atoms with Crippen molar-refractivity contribution in [3.8, 4) is 5.88 Å². The van der Waals surface area contributed by atoms with Gasteiger partial charge in [-0.3, -0.25) is 4.90 Å². The molecule has 0 N–H and O–H groups in total. The number of hydrogen-bond acceptors (Lipinski definition) is 3. The first-order valence-corrected chi connectivity index (χ1v) is 6.48. The van der Waals surface area contributed by atoms with Gasteiger partial charge in [-0.05, 0) is 38.8 Å². The number of nitrogens with zero attached hydrogens (tertiary/aromatic N) is 2. The third-order valence-electron chi connectivity index (χ3n) is 3.56. The number of ether oxygens (including phenoxy) is 1. The van der Waals surface area contributed by atoms with Gasteiger partial charge in [-0.15, -0.1) is 0 Å². The van der Waals surface area contributed by atoms with Gasteiger partial charge in [0, 0.05) is 24.3 Å². The maximum atomic E-state index is 5.11. The Labute approximate surface area is 104 Å². The summed E-state index contributed by atoms with van der Waals surface area (Å²) in [7, 11) is 1.66. The molecule has 0 amide bonds. The third-order valence-corrected chi connectivity index (χ3v) is 3.56. The summed E-state index contributed by atoms with van der Waals surface area (Å²) in [6.45, 7) is 5.75. The second-order valence-corrected chi connectivity index (χ2v) is 4.98. The lowest BCUT2D eigenvalue weighted by Crippen LogP contribution is -2.38. The fraction of sp³-hybridized carbons (Fsp3) is 0.643. The lowest BCUT2D eigenvalue weighted by atomic mass is 9.95. The SMILES string of the molecule is COc1ccc([C@H]2CCCCN2C(C)C)cn1. The summed E-state index contributed by atoms with van der Waals surface area (Å²) in [6, 6.07) is 5.24. The van der Waals surface area contributed by atoms with Crippen LogP contribution in [-0.4, -0.2) is 29.6 Å². The van der Waals surface area contributed by atoms with E-state index in [0.717, 1.165) is 0 Å². The van der Waals surface area contributed by atoms with Crippen LogP contribution in [0.1, 0.15) is 44.7 Å². The summed E-state index contributed by atoms with van der Waals surface area (Å²) in [5.74, 6) is 0.695. The lowest BCUT2D eigenvalue weighted by Gasteiger charge is -2.38. The van der Waals surface area contributed by atoms with Crippen LogP contribution in [-0.2, 0) is 0 Å². The van der Waals surface area contributed by atoms with Crippen molar-refractivity contribution in [3.05, 3.63) is 23.9 Å². The first-order valence-electron chi connectivity index (χ1n) is 6.48. The molecule has 1 aliphatic heterocycles. The van der Waals surface area contributed by atoms with Gasteiger partial charge in [-0.25, -0.2) is 4.98 Å². The van der Waals surface area contributed by atoms with Crippen molar-refractivity contribution < 1.29 is 4.74 Å². The van der Waals surface area contributed by atoms with E-state index in [0.29, 0.717) is 18.0 Å². The molecular weight excluding hydrogens is 212 g/mol.